The molecule has 0 unspecified atom stereocenters. The van der Waals surface area contributed by atoms with Crippen LogP contribution >= 0.6 is 0 Å². The van der Waals surface area contributed by atoms with Gasteiger partial charge in [0.2, 0.25) is 5.91 Å². The van der Waals surface area contributed by atoms with Crippen LogP contribution in [-0.4, -0.2) is 28.8 Å². The highest BCUT2D eigenvalue weighted by atomic mass is 16.2. The van der Waals surface area contributed by atoms with Crippen molar-refractivity contribution in [2.45, 2.75) is 26.8 Å². The number of carbonyl (C=O) groups excluding carboxylic acids is 1. The smallest absolute Gasteiger partial charge is 0.229 e. The molecule has 0 radical (unpaired) electrons. The molecule has 1 amide bonds. The number of amides is 1. The van der Waals surface area contributed by atoms with Gasteiger partial charge in [-0.15, -0.1) is 0 Å². The van der Waals surface area contributed by atoms with Crippen molar-refractivity contribution in [2.24, 2.45) is 11.8 Å². The van der Waals surface area contributed by atoms with Crippen molar-refractivity contribution in [1.82, 2.24) is 15.1 Å². The van der Waals surface area contributed by atoms with Crippen molar-refractivity contribution >= 4 is 11.6 Å². The maximum absolute atomic E-state index is 12.0. The minimum atomic E-state index is 0.0670. The fraction of sp³-hybridized carbons (Fsp3) is 0.667. The van der Waals surface area contributed by atoms with E-state index in [1.807, 2.05) is 10.9 Å². The topological polar surface area (TPSA) is 59.0 Å². The third-order valence-corrected chi connectivity index (χ3v) is 3.25. The van der Waals surface area contributed by atoms with Gasteiger partial charge in [-0.3, -0.25) is 9.48 Å². The molecule has 2 rings (SSSR count). The van der Waals surface area contributed by atoms with E-state index in [1.165, 1.54) is 0 Å². The fourth-order valence-electron chi connectivity index (χ4n) is 2.08. The van der Waals surface area contributed by atoms with Gasteiger partial charge in [0.1, 0.15) is 0 Å². The van der Waals surface area contributed by atoms with E-state index in [2.05, 4.69) is 36.5 Å². The summed E-state index contributed by atoms with van der Waals surface area (Å²) in [5.74, 6) is 0.554. The first kappa shape index (κ1) is 12.1. The number of anilines is 1. The van der Waals surface area contributed by atoms with Crippen LogP contribution < -0.4 is 10.6 Å². The minimum Gasteiger partial charge on any atom is -0.323 e. The Morgan fingerprint density at radius 3 is 2.88 bits per heavy atom. The molecule has 94 valence electrons. The molecule has 1 fully saturated rings. The molecular weight excluding hydrogens is 216 g/mol. The van der Waals surface area contributed by atoms with Gasteiger partial charge in [-0.05, 0) is 26.3 Å². The van der Waals surface area contributed by atoms with E-state index >= 15 is 0 Å². The zero-order valence-corrected chi connectivity index (χ0v) is 10.6. The second-order valence-electron chi connectivity index (χ2n) is 5.03. The third kappa shape index (κ3) is 2.66. The Morgan fingerprint density at radius 1 is 1.59 bits per heavy atom. The predicted molar refractivity (Wildman–Crippen MR) is 66.8 cm³/mol. The lowest BCUT2D eigenvalue weighted by Crippen LogP contribution is -2.27. The molecule has 0 aromatic carbocycles. The summed E-state index contributed by atoms with van der Waals surface area (Å²) in [6.45, 7) is 7.90. The monoisotopic (exact) mass is 236 g/mol. The second kappa shape index (κ2) is 4.87. The molecule has 0 spiro atoms. The van der Waals surface area contributed by atoms with Crippen molar-refractivity contribution in [2.75, 3.05) is 18.4 Å². The fourth-order valence-corrected chi connectivity index (χ4v) is 2.08. The van der Waals surface area contributed by atoms with E-state index in [4.69, 9.17) is 0 Å². The molecule has 2 N–H and O–H groups in total. The maximum Gasteiger partial charge on any atom is 0.229 e. The number of hydrogen-bond acceptors (Lipinski definition) is 3. The van der Waals surface area contributed by atoms with Gasteiger partial charge in [-0.2, -0.15) is 5.10 Å². The first-order valence-electron chi connectivity index (χ1n) is 6.13. The molecular formula is C12H20N4O. The highest BCUT2D eigenvalue weighted by Crippen LogP contribution is 2.18. The van der Waals surface area contributed by atoms with Gasteiger partial charge in [0, 0.05) is 18.8 Å². The minimum absolute atomic E-state index is 0.0670. The molecule has 0 saturated carbocycles. The summed E-state index contributed by atoms with van der Waals surface area (Å²) in [6, 6.07) is 0.313. The van der Waals surface area contributed by atoms with Crippen LogP contribution in [0.25, 0.3) is 0 Å². The van der Waals surface area contributed by atoms with Crippen LogP contribution in [0.1, 0.15) is 26.8 Å². The van der Waals surface area contributed by atoms with Crippen LogP contribution in [0.2, 0.25) is 0 Å². The number of aromatic nitrogens is 2. The lowest BCUT2D eigenvalue weighted by atomic mass is 9.97. The van der Waals surface area contributed by atoms with Crippen LogP contribution in [0.3, 0.4) is 0 Å². The molecule has 17 heavy (non-hydrogen) atoms. The zero-order chi connectivity index (χ0) is 12.4. The lowest BCUT2D eigenvalue weighted by molar-refractivity contribution is -0.120. The summed E-state index contributed by atoms with van der Waals surface area (Å²) < 4.78 is 1.84. The van der Waals surface area contributed by atoms with Gasteiger partial charge in [-0.25, -0.2) is 0 Å². The number of nitrogens with zero attached hydrogens (tertiary/aromatic N) is 2. The zero-order valence-electron chi connectivity index (χ0n) is 10.6. The van der Waals surface area contributed by atoms with E-state index in [0.717, 1.165) is 18.8 Å². The Morgan fingerprint density at radius 2 is 2.35 bits per heavy atom. The van der Waals surface area contributed by atoms with Gasteiger partial charge in [0.15, 0.2) is 0 Å². The van der Waals surface area contributed by atoms with Gasteiger partial charge >= 0.3 is 0 Å². The van der Waals surface area contributed by atoms with Gasteiger partial charge in [0.25, 0.3) is 0 Å². The van der Waals surface area contributed by atoms with Crippen molar-refractivity contribution in [3.63, 3.8) is 0 Å². The molecule has 0 bridgehead atoms. The first-order valence-corrected chi connectivity index (χ1v) is 6.13. The van der Waals surface area contributed by atoms with E-state index in [1.54, 1.807) is 6.20 Å². The van der Waals surface area contributed by atoms with Crippen molar-refractivity contribution in [3.8, 4) is 0 Å². The Hall–Kier alpha value is -1.36. The SMILES string of the molecule is CC(C)n1cc(NC(=O)[C@@H]2CNC[C@H]2C)cn1. The van der Waals surface area contributed by atoms with Crippen LogP contribution in [0.5, 0.6) is 0 Å². The van der Waals surface area contributed by atoms with Crippen molar-refractivity contribution < 1.29 is 4.79 Å². The Labute approximate surface area is 102 Å². The standard InChI is InChI=1S/C12H20N4O/c1-8(2)16-7-10(5-14-16)15-12(17)11-6-13-4-9(11)3/h5,7-9,11,13H,4,6H2,1-3H3,(H,15,17)/t9-,11-/m1/s1. The van der Waals surface area contributed by atoms with E-state index < -0.39 is 0 Å². The van der Waals surface area contributed by atoms with Crippen molar-refractivity contribution in [3.05, 3.63) is 12.4 Å². The Bertz CT molecular complexity index is 399. The quantitative estimate of drug-likeness (QED) is 0.830. The number of carbonyl (C=O) groups is 1. The van der Waals surface area contributed by atoms with E-state index in [0.29, 0.717) is 12.0 Å². The van der Waals surface area contributed by atoms with Crippen LogP contribution in [0, 0.1) is 11.8 Å². The average Bonchev–Trinajstić information content (AvgIpc) is 2.86. The molecule has 1 aromatic rings. The summed E-state index contributed by atoms with van der Waals surface area (Å²) in [5.41, 5.74) is 0.780. The number of rotatable bonds is 3. The van der Waals surface area contributed by atoms with Gasteiger partial charge < -0.3 is 10.6 Å². The summed E-state index contributed by atoms with van der Waals surface area (Å²) in [7, 11) is 0. The molecule has 2 atom stereocenters. The Kier molecular flexibility index (Phi) is 3.47. The van der Waals surface area contributed by atoms with Gasteiger partial charge in [-0.1, -0.05) is 6.92 Å². The Balaban J connectivity index is 1.97. The maximum atomic E-state index is 12.0. The van der Waals surface area contributed by atoms with Crippen LogP contribution in [-0.2, 0) is 4.79 Å². The van der Waals surface area contributed by atoms with Crippen LogP contribution in [0.15, 0.2) is 12.4 Å². The molecule has 2 heterocycles. The third-order valence-electron chi connectivity index (χ3n) is 3.25. The average molecular weight is 236 g/mol. The molecule has 1 aliphatic heterocycles. The summed E-state index contributed by atoms with van der Waals surface area (Å²) in [6.07, 6.45) is 3.57. The summed E-state index contributed by atoms with van der Waals surface area (Å²) in [4.78, 5) is 12.0. The van der Waals surface area contributed by atoms with Crippen LogP contribution in [0.4, 0.5) is 5.69 Å². The molecule has 1 aliphatic rings. The number of nitrogens with one attached hydrogen (secondary N) is 2. The van der Waals surface area contributed by atoms with Gasteiger partial charge in [0.05, 0.1) is 17.8 Å². The second-order valence-corrected chi connectivity index (χ2v) is 5.03. The normalized spacial score (nSPS) is 24.2. The highest BCUT2D eigenvalue weighted by molar-refractivity contribution is 5.92. The number of hydrogen-bond donors (Lipinski definition) is 2. The first-order chi connectivity index (χ1) is 8.08. The van der Waals surface area contributed by atoms with E-state index in [-0.39, 0.29) is 11.8 Å². The predicted octanol–water partition coefficient (Wildman–Crippen LogP) is 1.26. The molecule has 1 saturated heterocycles. The molecule has 5 heteroatoms. The van der Waals surface area contributed by atoms with E-state index in [9.17, 15) is 4.79 Å². The van der Waals surface area contributed by atoms with Crippen molar-refractivity contribution in [1.29, 1.82) is 0 Å². The summed E-state index contributed by atoms with van der Waals surface area (Å²) >= 11 is 0. The lowest BCUT2D eigenvalue weighted by Gasteiger charge is -2.12. The highest BCUT2D eigenvalue weighted by Gasteiger charge is 2.29. The molecule has 1 aromatic heterocycles. The molecule has 0 aliphatic carbocycles. The summed E-state index contributed by atoms with van der Waals surface area (Å²) in [5, 5.41) is 10.4. The largest absolute Gasteiger partial charge is 0.323 e. The molecule has 5 nitrogen and oxygen atoms in total.